The van der Waals surface area contributed by atoms with Crippen LogP contribution in [-0.2, 0) is 13.5 Å². The highest BCUT2D eigenvalue weighted by atomic mass is 15.0. The molecule has 5 rings (SSSR count). The van der Waals surface area contributed by atoms with E-state index in [1.807, 2.05) is 24.9 Å². The molecule has 2 aromatic carbocycles. The molecule has 1 atom stereocenters. The van der Waals surface area contributed by atoms with Crippen LogP contribution in [-0.4, -0.2) is 19.5 Å². The molecule has 0 bridgehead atoms. The molecule has 0 saturated carbocycles. The van der Waals surface area contributed by atoms with Crippen LogP contribution in [0.5, 0.6) is 0 Å². The fourth-order valence-corrected chi connectivity index (χ4v) is 5.00. The highest BCUT2D eigenvalue weighted by Crippen LogP contribution is 2.37. The van der Waals surface area contributed by atoms with Gasteiger partial charge in [0, 0.05) is 48.0 Å². The minimum Gasteiger partial charge on any atom is -0.337 e. The molecule has 0 radical (unpaired) electrons. The van der Waals surface area contributed by atoms with Gasteiger partial charge in [-0.05, 0) is 66.3 Å². The fourth-order valence-electron chi connectivity index (χ4n) is 5.00. The van der Waals surface area contributed by atoms with Crippen LogP contribution in [0, 0.1) is 6.92 Å². The van der Waals surface area contributed by atoms with E-state index in [0.29, 0.717) is 0 Å². The Hall–Kier alpha value is -3.79. The number of rotatable bonds is 7. The van der Waals surface area contributed by atoms with E-state index in [0.717, 1.165) is 36.2 Å². The van der Waals surface area contributed by atoms with Crippen LogP contribution in [0.25, 0.3) is 22.0 Å². The molecular formula is C30H30N4. The van der Waals surface area contributed by atoms with Crippen LogP contribution in [0.2, 0.25) is 0 Å². The first-order chi connectivity index (χ1) is 16.7. The predicted octanol–water partition coefficient (Wildman–Crippen LogP) is 6.86. The van der Waals surface area contributed by atoms with Gasteiger partial charge in [0.25, 0.3) is 0 Å². The van der Waals surface area contributed by atoms with Gasteiger partial charge in [-0.1, -0.05) is 49.7 Å². The first-order valence-corrected chi connectivity index (χ1v) is 12.0. The summed E-state index contributed by atoms with van der Waals surface area (Å²) in [5, 5.41) is 1.25. The summed E-state index contributed by atoms with van der Waals surface area (Å²) in [6.45, 7) is 4.40. The lowest BCUT2D eigenvalue weighted by molar-refractivity contribution is 0.790. The number of hydrogen-bond acceptors (Lipinski definition) is 3. The number of hydrogen-bond donors (Lipinski definition) is 0. The minimum atomic E-state index is 0.0698. The van der Waals surface area contributed by atoms with Gasteiger partial charge in [0.05, 0.1) is 17.8 Å². The van der Waals surface area contributed by atoms with Crippen molar-refractivity contribution >= 4 is 10.9 Å². The van der Waals surface area contributed by atoms with E-state index in [4.69, 9.17) is 4.98 Å². The van der Waals surface area contributed by atoms with Crippen molar-refractivity contribution in [3.63, 3.8) is 0 Å². The molecular weight excluding hydrogens is 416 g/mol. The number of imidazole rings is 1. The summed E-state index contributed by atoms with van der Waals surface area (Å²) in [6, 6.07) is 21.7. The van der Waals surface area contributed by atoms with Gasteiger partial charge in [-0.3, -0.25) is 9.97 Å². The predicted molar refractivity (Wildman–Crippen MR) is 139 cm³/mol. The zero-order chi connectivity index (χ0) is 23.5. The Morgan fingerprint density at radius 1 is 0.912 bits per heavy atom. The molecule has 170 valence electrons. The van der Waals surface area contributed by atoms with Crippen molar-refractivity contribution in [2.24, 2.45) is 7.05 Å². The van der Waals surface area contributed by atoms with Gasteiger partial charge in [0.2, 0.25) is 0 Å². The Morgan fingerprint density at radius 2 is 1.71 bits per heavy atom. The Bertz CT molecular complexity index is 1400. The second kappa shape index (κ2) is 9.60. The molecule has 1 unspecified atom stereocenters. The number of pyridine rings is 2. The van der Waals surface area contributed by atoms with E-state index in [2.05, 4.69) is 96.1 Å². The van der Waals surface area contributed by atoms with Gasteiger partial charge < -0.3 is 4.57 Å². The summed E-state index contributed by atoms with van der Waals surface area (Å²) >= 11 is 0. The van der Waals surface area contributed by atoms with Gasteiger partial charge in [0.1, 0.15) is 0 Å². The standard InChI is InChI=1S/C30H30N4/c1-4-5-11-25-26-18-24(30(23-14-16-31-17-15-23)28-19-32-20-34(28)3)12-13-27(26)33-21(2)29(25)22-9-7-6-8-10-22/h6-10,12-20,30H,4-5,11H2,1-3H3. The Kier molecular flexibility index (Phi) is 6.22. The van der Waals surface area contributed by atoms with Crippen molar-refractivity contribution in [1.82, 2.24) is 19.5 Å². The smallest absolute Gasteiger partial charge is 0.0945 e. The van der Waals surface area contributed by atoms with Gasteiger partial charge in [-0.15, -0.1) is 0 Å². The molecule has 5 aromatic rings. The lowest BCUT2D eigenvalue weighted by atomic mass is 9.86. The second-order valence-electron chi connectivity index (χ2n) is 8.94. The summed E-state index contributed by atoms with van der Waals surface area (Å²) in [5.41, 5.74) is 9.67. The van der Waals surface area contributed by atoms with Crippen LogP contribution < -0.4 is 0 Å². The van der Waals surface area contributed by atoms with Crippen molar-refractivity contribution in [3.8, 4) is 11.1 Å². The quantitative estimate of drug-likeness (QED) is 0.274. The fraction of sp³-hybridized carbons (Fsp3) is 0.233. The largest absolute Gasteiger partial charge is 0.337 e. The number of nitrogens with zero attached hydrogens (tertiary/aromatic N) is 4. The molecule has 4 heteroatoms. The average molecular weight is 447 g/mol. The number of unbranched alkanes of at least 4 members (excludes halogenated alkanes) is 1. The lowest BCUT2D eigenvalue weighted by Crippen LogP contribution is -2.09. The first kappa shape index (κ1) is 22.0. The zero-order valence-corrected chi connectivity index (χ0v) is 20.1. The number of aromatic nitrogens is 4. The first-order valence-electron chi connectivity index (χ1n) is 12.0. The molecule has 0 aliphatic heterocycles. The summed E-state index contributed by atoms with van der Waals surface area (Å²) in [6.07, 6.45) is 10.9. The van der Waals surface area contributed by atoms with Crippen LogP contribution in [0.4, 0.5) is 0 Å². The molecule has 0 saturated heterocycles. The maximum Gasteiger partial charge on any atom is 0.0945 e. The third kappa shape index (κ3) is 4.12. The van der Waals surface area contributed by atoms with Crippen molar-refractivity contribution in [2.45, 2.75) is 39.0 Å². The van der Waals surface area contributed by atoms with Crippen molar-refractivity contribution in [2.75, 3.05) is 0 Å². The molecule has 0 amide bonds. The topological polar surface area (TPSA) is 43.6 Å². The summed E-state index contributed by atoms with van der Waals surface area (Å²) in [4.78, 5) is 13.7. The van der Waals surface area contributed by atoms with Gasteiger partial charge in [0.15, 0.2) is 0 Å². The van der Waals surface area contributed by atoms with Crippen LogP contribution in [0.1, 0.15) is 53.8 Å². The molecule has 0 spiro atoms. The minimum absolute atomic E-state index is 0.0698. The van der Waals surface area contributed by atoms with E-state index in [-0.39, 0.29) is 5.92 Å². The van der Waals surface area contributed by atoms with Gasteiger partial charge in [-0.2, -0.15) is 0 Å². The number of fused-ring (bicyclic) bond motifs is 1. The molecule has 34 heavy (non-hydrogen) atoms. The third-order valence-corrected chi connectivity index (χ3v) is 6.66. The van der Waals surface area contributed by atoms with E-state index < -0.39 is 0 Å². The van der Waals surface area contributed by atoms with Crippen LogP contribution in [0.3, 0.4) is 0 Å². The SMILES string of the molecule is CCCCc1c(-c2ccccc2)c(C)nc2ccc(C(c3ccncc3)c3cncn3C)cc12. The molecule has 0 fully saturated rings. The summed E-state index contributed by atoms with van der Waals surface area (Å²) < 4.78 is 2.11. The lowest BCUT2D eigenvalue weighted by Gasteiger charge is -2.21. The third-order valence-electron chi connectivity index (χ3n) is 6.66. The maximum absolute atomic E-state index is 5.05. The molecule has 3 heterocycles. The van der Waals surface area contributed by atoms with Crippen molar-refractivity contribution in [3.05, 3.63) is 114 Å². The van der Waals surface area contributed by atoms with E-state index in [9.17, 15) is 0 Å². The Labute approximate surface area is 201 Å². The van der Waals surface area contributed by atoms with Crippen LogP contribution in [0.15, 0.2) is 85.6 Å². The second-order valence-corrected chi connectivity index (χ2v) is 8.94. The van der Waals surface area contributed by atoms with Crippen molar-refractivity contribution < 1.29 is 0 Å². The van der Waals surface area contributed by atoms with Gasteiger partial charge >= 0.3 is 0 Å². The van der Waals surface area contributed by atoms with E-state index in [1.54, 1.807) is 0 Å². The number of benzene rings is 2. The monoisotopic (exact) mass is 446 g/mol. The van der Waals surface area contributed by atoms with Crippen LogP contribution >= 0.6 is 0 Å². The molecule has 0 aliphatic carbocycles. The average Bonchev–Trinajstić information content (AvgIpc) is 3.29. The van der Waals surface area contributed by atoms with Gasteiger partial charge in [-0.25, -0.2) is 4.98 Å². The molecule has 0 aliphatic rings. The molecule has 3 aromatic heterocycles. The normalized spacial score (nSPS) is 12.2. The van der Waals surface area contributed by atoms with Crippen molar-refractivity contribution in [1.29, 1.82) is 0 Å². The molecule has 4 nitrogen and oxygen atoms in total. The molecule has 0 N–H and O–H groups in total. The summed E-state index contributed by atoms with van der Waals surface area (Å²) in [7, 11) is 2.06. The highest BCUT2D eigenvalue weighted by Gasteiger charge is 2.22. The number of aryl methyl sites for hydroxylation is 3. The Balaban J connectivity index is 1.76. The highest BCUT2D eigenvalue weighted by molar-refractivity contribution is 5.90. The zero-order valence-electron chi connectivity index (χ0n) is 20.1. The maximum atomic E-state index is 5.05. The van der Waals surface area contributed by atoms with E-state index in [1.165, 1.54) is 33.2 Å². The summed E-state index contributed by atoms with van der Waals surface area (Å²) in [5.74, 6) is 0.0698. The Morgan fingerprint density at radius 3 is 2.41 bits per heavy atom. The van der Waals surface area contributed by atoms with E-state index >= 15 is 0 Å².